The lowest BCUT2D eigenvalue weighted by Gasteiger charge is -2.42. The van der Waals surface area contributed by atoms with Gasteiger partial charge in [0.25, 0.3) is 0 Å². The second-order valence-electron chi connectivity index (χ2n) is 9.35. The summed E-state index contributed by atoms with van der Waals surface area (Å²) in [4.78, 5) is 15.4. The van der Waals surface area contributed by atoms with Crippen LogP contribution in [0.4, 0.5) is 0 Å². The molecule has 0 aromatic heterocycles. The number of hydrogen-bond acceptors (Lipinski definition) is 4. The Morgan fingerprint density at radius 2 is 1.90 bits per heavy atom. The van der Waals surface area contributed by atoms with Crippen molar-refractivity contribution >= 4 is 5.91 Å². The minimum Gasteiger partial charge on any atom is -0.497 e. The lowest BCUT2D eigenvalue weighted by molar-refractivity contribution is -0.988. The van der Waals surface area contributed by atoms with E-state index in [0.717, 1.165) is 42.9 Å². The Balaban J connectivity index is 1.32. The first kappa shape index (κ1) is 18.9. The molecule has 3 heterocycles. The van der Waals surface area contributed by atoms with E-state index in [1.54, 1.807) is 7.11 Å². The number of benzene rings is 1. The normalized spacial score (nSPS) is 34.6. The number of amides is 1. The molecule has 1 spiro atoms. The van der Waals surface area contributed by atoms with Crippen molar-refractivity contribution < 1.29 is 14.1 Å². The summed E-state index contributed by atoms with van der Waals surface area (Å²) in [6.07, 6.45) is 5.22. The van der Waals surface area contributed by atoms with Crippen molar-refractivity contribution in [3.8, 4) is 11.8 Å². The predicted octanol–water partition coefficient (Wildman–Crippen LogP) is 2.63. The molecule has 4 aliphatic rings. The Bertz CT molecular complexity index is 799. The Hall–Kier alpha value is -2.10. The van der Waals surface area contributed by atoms with Crippen LogP contribution in [0.25, 0.3) is 0 Å². The monoisotopic (exact) mass is 395 g/mol. The average Bonchev–Trinajstić information content (AvgIpc) is 3.09. The highest BCUT2D eigenvalue weighted by molar-refractivity contribution is 5.82. The zero-order valence-corrected chi connectivity index (χ0v) is 17.2. The third kappa shape index (κ3) is 3.21. The molecular formula is C23H31N4O2+. The number of piperidine rings is 2. The smallest absolute Gasteiger partial charge is 0.245 e. The van der Waals surface area contributed by atoms with Crippen LogP contribution in [0, 0.1) is 29.1 Å². The number of rotatable bonds is 4. The van der Waals surface area contributed by atoms with Crippen molar-refractivity contribution in [2.45, 2.75) is 44.2 Å². The van der Waals surface area contributed by atoms with Gasteiger partial charge in [0.1, 0.15) is 17.8 Å². The van der Waals surface area contributed by atoms with E-state index >= 15 is 0 Å². The van der Waals surface area contributed by atoms with E-state index in [0.29, 0.717) is 30.2 Å². The summed E-state index contributed by atoms with van der Waals surface area (Å²) in [5, 5.41) is 8.94. The maximum absolute atomic E-state index is 13.3. The van der Waals surface area contributed by atoms with Crippen LogP contribution >= 0.6 is 0 Å². The molecule has 1 amide bonds. The zero-order chi connectivity index (χ0) is 20.0. The van der Waals surface area contributed by atoms with Crippen LogP contribution in [0.15, 0.2) is 24.3 Å². The second kappa shape index (κ2) is 7.30. The largest absolute Gasteiger partial charge is 0.497 e. The van der Waals surface area contributed by atoms with Crippen molar-refractivity contribution in [1.82, 2.24) is 10.3 Å². The molecule has 29 heavy (non-hydrogen) atoms. The summed E-state index contributed by atoms with van der Waals surface area (Å²) < 4.78 is 6.18. The van der Waals surface area contributed by atoms with Gasteiger partial charge in [-0.2, -0.15) is 10.7 Å². The number of nitrogens with one attached hydrogen (secondary N) is 1. The average molecular weight is 396 g/mol. The van der Waals surface area contributed by atoms with E-state index in [2.05, 4.69) is 28.5 Å². The minimum absolute atomic E-state index is 0.105. The third-order valence-electron chi connectivity index (χ3n) is 7.89. The van der Waals surface area contributed by atoms with E-state index in [1.807, 2.05) is 12.1 Å². The number of likely N-dealkylation sites (tertiary alicyclic amines) is 1. The fraction of sp³-hybridized carbons (Fsp3) is 0.652. The van der Waals surface area contributed by atoms with Crippen LogP contribution in [0.3, 0.4) is 0 Å². The summed E-state index contributed by atoms with van der Waals surface area (Å²) in [6.45, 7) is 3.88. The van der Waals surface area contributed by atoms with Gasteiger partial charge in [0.05, 0.1) is 26.3 Å². The molecule has 154 valence electrons. The van der Waals surface area contributed by atoms with Gasteiger partial charge in [0.15, 0.2) is 0 Å². The van der Waals surface area contributed by atoms with Crippen molar-refractivity contribution in [3.63, 3.8) is 0 Å². The minimum atomic E-state index is -0.105. The molecule has 5 atom stereocenters. The molecular weight excluding hydrogens is 364 g/mol. The molecule has 6 heteroatoms. The van der Waals surface area contributed by atoms with Crippen molar-refractivity contribution in [2.24, 2.45) is 17.8 Å². The van der Waals surface area contributed by atoms with E-state index in [9.17, 15) is 4.79 Å². The molecule has 3 aliphatic heterocycles. The van der Waals surface area contributed by atoms with E-state index in [1.165, 1.54) is 24.8 Å². The van der Waals surface area contributed by atoms with Crippen molar-refractivity contribution in [1.29, 1.82) is 5.26 Å². The fourth-order valence-electron chi connectivity index (χ4n) is 6.26. The first-order chi connectivity index (χ1) is 14.1. The molecule has 1 saturated carbocycles. The Kier molecular flexibility index (Phi) is 4.76. The maximum atomic E-state index is 13.3. The van der Waals surface area contributed by atoms with E-state index in [4.69, 9.17) is 10.00 Å². The summed E-state index contributed by atoms with van der Waals surface area (Å²) in [5.41, 5.74) is 5.09. The summed E-state index contributed by atoms with van der Waals surface area (Å²) in [6, 6.07) is 10.9. The zero-order valence-electron chi connectivity index (χ0n) is 17.2. The third-order valence-corrected chi connectivity index (χ3v) is 7.89. The number of fused-ring (bicyclic) bond motifs is 1. The van der Waals surface area contributed by atoms with Crippen molar-refractivity contribution in [2.75, 3.05) is 33.3 Å². The molecule has 1 N–H and O–H groups in total. The molecule has 0 bridgehead atoms. The molecule has 0 radical (unpaired) electrons. The van der Waals surface area contributed by atoms with Crippen LogP contribution in [0.5, 0.6) is 5.75 Å². The Morgan fingerprint density at radius 1 is 1.21 bits per heavy atom. The van der Waals surface area contributed by atoms with Crippen LogP contribution in [0.2, 0.25) is 0 Å². The molecule has 1 aromatic rings. The first-order valence-electron chi connectivity index (χ1n) is 11.1. The van der Waals surface area contributed by atoms with Gasteiger partial charge in [-0.1, -0.05) is 0 Å². The van der Waals surface area contributed by atoms with Gasteiger partial charge in [0, 0.05) is 31.5 Å². The van der Waals surface area contributed by atoms with Crippen LogP contribution < -0.4 is 10.2 Å². The van der Waals surface area contributed by atoms with Gasteiger partial charge < -0.3 is 9.64 Å². The number of hydrogen-bond donors (Lipinski definition) is 1. The number of nitriles is 1. The summed E-state index contributed by atoms with van der Waals surface area (Å²) in [5.74, 6) is 2.81. The lowest BCUT2D eigenvalue weighted by Crippen LogP contribution is -2.60. The second-order valence-corrected chi connectivity index (χ2v) is 9.35. The molecule has 1 aromatic carbocycles. The van der Waals surface area contributed by atoms with Gasteiger partial charge >= 0.3 is 0 Å². The molecule has 4 fully saturated rings. The summed E-state index contributed by atoms with van der Waals surface area (Å²) in [7, 11) is 1.70. The number of nitrogens with zero attached hydrogens (tertiary/aromatic N) is 3. The number of carbonyl (C=O) groups is 1. The highest BCUT2D eigenvalue weighted by Gasteiger charge is 2.58. The standard InChI is InChI=1S/C23H31N4O2/c1-29-17-7-5-16(6-8-17)22-13-21(25-27(22)11-3-2-4-12-27)23(28)26-14-19-18(9-10-24)20(19)15-26/h5-8,18-22,25H,2-4,9,11-15H2,1H3/q+1/t18?,19-,20+,21?,22?. The molecule has 3 unspecified atom stereocenters. The van der Waals surface area contributed by atoms with Crippen LogP contribution in [-0.2, 0) is 4.79 Å². The van der Waals surface area contributed by atoms with Gasteiger partial charge in [-0.3, -0.25) is 4.79 Å². The van der Waals surface area contributed by atoms with Crippen molar-refractivity contribution in [3.05, 3.63) is 29.8 Å². The van der Waals surface area contributed by atoms with Gasteiger partial charge in [0.2, 0.25) is 5.91 Å². The number of carbonyl (C=O) groups excluding carboxylic acids is 1. The SMILES string of the molecule is COc1ccc(C2CC(C(=O)N3C[C@@H]4C(CC#N)[C@@H]4C3)N[N+]23CCCCC3)cc1. The first-order valence-corrected chi connectivity index (χ1v) is 11.1. The predicted molar refractivity (Wildman–Crippen MR) is 108 cm³/mol. The Morgan fingerprint density at radius 3 is 2.52 bits per heavy atom. The summed E-state index contributed by atoms with van der Waals surface area (Å²) >= 11 is 0. The molecule has 3 saturated heterocycles. The maximum Gasteiger partial charge on any atom is 0.245 e. The van der Waals surface area contributed by atoms with Crippen LogP contribution in [-0.4, -0.2) is 54.7 Å². The molecule has 1 aliphatic carbocycles. The van der Waals surface area contributed by atoms with Gasteiger partial charge in [-0.05, 0) is 61.3 Å². The fourth-order valence-corrected chi connectivity index (χ4v) is 6.26. The number of methoxy groups -OCH3 is 1. The lowest BCUT2D eigenvalue weighted by atomic mass is 9.97. The topological polar surface area (TPSA) is 65.4 Å². The van der Waals surface area contributed by atoms with Gasteiger partial charge in [-0.25, -0.2) is 4.59 Å². The molecule has 5 rings (SSSR count). The van der Waals surface area contributed by atoms with Crippen LogP contribution in [0.1, 0.15) is 43.7 Å². The Labute approximate surface area is 173 Å². The molecule has 6 nitrogen and oxygen atoms in total. The van der Waals surface area contributed by atoms with E-state index < -0.39 is 0 Å². The van der Waals surface area contributed by atoms with Gasteiger partial charge in [-0.15, -0.1) is 0 Å². The van der Waals surface area contributed by atoms with E-state index in [-0.39, 0.29) is 11.9 Å². The quantitative estimate of drug-likeness (QED) is 0.796. The highest BCUT2D eigenvalue weighted by Crippen LogP contribution is 2.53. The number of ether oxygens (including phenoxy) is 1. The number of quaternary nitrogens is 1. The highest BCUT2D eigenvalue weighted by atomic mass is 16.5.